The minimum atomic E-state index is -3.33. The summed E-state index contributed by atoms with van der Waals surface area (Å²) in [4.78, 5) is 11.5. The maximum absolute atomic E-state index is 11.6. The van der Waals surface area contributed by atoms with Crippen molar-refractivity contribution in [1.82, 2.24) is 4.57 Å². The molecule has 1 aromatic carbocycles. The van der Waals surface area contributed by atoms with Gasteiger partial charge in [0, 0.05) is 24.2 Å². The summed E-state index contributed by atoms with van der Waals surface area (Å²) in [7, 11) is -2.05. The fourth-order valence-corrected chi connectivity index (χ4v) is 2.69. The Kier molecular flexibility index (Phi) is 4.33. The molecule has 0 unspecified atom stereocenters. The van der Waals surface area contributed by atoms with Crippen LogP contribution in [0.3, 0.4) is 0 Å². The molecule has 114 valence electrons. The lowest BCUT2D eigenvalue weighted by molar-refractivity contribution is -0.141. The third-order valence-corrected chi connectivity index (χ3v) is 4.22. The predicted molar refractivity (Wildman–Crippen MR) is 79.7 cm³/mol. The molecule has 0 spiro atoms. The third kappa shape index (κ3) is 3.35. The van der Waals surface area contributed by atoms with Crippen LogP contribution >= 0.6 is 0 Å². The van der Waals surface area contributed by atoms with Gasteiger partial charge in [0.25, 0.3) is 0 Å². The lowest BCUT2D eigenvalue weighted by atomic mass is 10.1. The van der Waals surface area contributed by atoms with E-state index in [1.807, 2.05) is 6.07 Å². The summed E-state index contributed by atoms with van der Waals surface area (Å²) in [5.41, 5.74) is 1.52. The van der Waals surface area contributed by atoms with E-state index in [1.54, 1.807) is 18.3 Å². The maximum atomic E-state index is 11.6. The number of methoxy groups -OCH3 is 1. The average molecular weight is 318 g/mol. The van der Waals surface area contributed by atoms with Gasteiger partial charge in [-0.15, -0.1) is 0 Å². The number of esters is 1. The van der Waals surface area contributed by atoms with Crippen LogP contribution in [0.5, 0.6) is 0 Å². The average Bonchev–Trinajstić information content (AvgIpc) is 2.89. The number of carbonyl (C=O) groups is 1. The normalized spacial score (nSPS) is 11.0. The molecule has 0 atom stereocenters. The van der Waals surface area contributed by atoms with Gasteiger partial charge in [0.15, 0.2) is 9.84 Å². The predicted octanol–water partition coefficient (Wildman–Crippen LogP) is 1.60. The first-order valence-corrected chi connectivity index (χ1v) is 8.21. The number of benzene rings is 1. The largest absolute Gasteiger partial charge is 0.468 e. The van der Waals surface area contributed by atoms with E-state index in [0.29, 0.717) is 16.7 Å². The molecule has 0 aliphatic rings. The van der Waals surface area contributed by atoms with Gasteiger partial charge >= 0.3 is 5.97 Å². The lowest BCUT2D eigenvalue weighted by Crippen LogP contribution is -2.09. The van der Waals surface area contributed by atoms with E-state index in [9.17, 15) is 18.5 Å². The van der Waals surface area contributed by atoms with E-state index in [4.69, 9.17) is 0 Å². The zero-order valence-corrected chi connectivity index (χ0v) is 12.9. The monoisotopic (exact) mass is 318 g/mol. The number of nitriles is 1. The summed E-state index contributed by atoms with van der Waals surface area (Å²) in [6, 6.07) is 8.38. The highest BCUT2D eigenvalue weighted by atomic mass is 32.2. The van der Waals surface area contributed by atoms with Gasteiger partial charge < -0.3 is 9.30 Å². The van der Waals surface area contributed by atoms with E-state index in [2.05, 4.69) is 4.74 Å². The van der Waals surface area contributed by atoms with Gasteiger partial charge in [-0.3, -0.25) is 4.79 Å². The Morgan fingerprint density at radius 2 is 2.09 bits per heavy atom. The van der Waals surface area contributed by atoms with E-state index < -0.39 is 15.8 Å². The first-order valence-electron chi connectivity index (χ1n) is 6.32. The van der Waals surface area contributed by atoms with Gasteiger partial charge in [-0.25, -0.2) is 8.42 Å². The number of carbonyl (C=O) groups excluding carboxylic acids is 1. The number of aromatic nitrogens is 1. The van der Waals surface area contributed by atoms with Crippen LogP contribution < -0.4 is 0 Å². The quantitative estimate of drug-likeness (QED) is 0.799. The number of ether oxygens (including phenoxy) is 1. The van der Waals surface area contributed by atoms with Crippen molar-refractivity contribution in [1.29, 1.82) is 5.26 Å². The van der Waals surface area contributed by atoms with Crippen molar-refractivity contribution in [2.45, 2.75) is 11.4 Å². The molecule has 2 rings (SSSR count). The van der Waals surface area contributed by atoms with Crippen molar-refractivity contribution in [3.05, 3.63) is 42.2 Å². The van der Waals surface area contributed by atoms with Crippen LogP contribution in [0.4, 0.5) is 0 Å². The first-order chi connectivity index (χ1) is 10.3. The van der Waals surface area contributed by atoms with Crippen molar-refractivity contribution < 1.29 is 17.9 Å². The second kappa shape index (κ2) is 6.03. The Morgan fingerprint density at radius 1 is 1.36 bits per heavy atom. The summed E-state index contributed by atoms with van der Waals surface area (Å²) >= 11 is 0. The number of hydrogen-bond donors (Lipinski definition) is 0. The first kappa shape index (κ1) is 15.8. The molecule has 0 fully saturated rings. The molecule has 2 aromatic rings. The second-order valence-corrected chi connectivity index (χ2v) is 6.76. The molecule has 0 aliphatic carbocycles. The fraction of sp³-hybridized carbons (Fsp3) is 0.200. The van der Waals surface area contributed by atoms with Crippen molar-refractivity contribution in [3.63, 3.8) is 0 Å². The molecule has 0 N–H and O–H groups in total. The number of hydrogen-bond acceptors (Lipinski definition) is 5. The Hall–Kier alpha value is -2.59. The van der Waals surface area contributed by atoms with Crippen molar-refractivity contribution in [3.8, 4) is 17.2 Å². The highest BCUT2D eigenvalue weighted by Gasteiger charge is 2.14. The molecule has 0 radical (unpaired) electrons. The summed E-state index contributed by atoms with van der Waals surface area (Å²) in [5.74, 6) is -0.434. The van der Waals surface area contributed by atoms with Crippen LogP contribution in [0.25, 0.3) is 11.1 Å². The molecule has 7 heteroatoms. The van der Waals surface area contributed by atoms with Gasteiger partial charge in [-0.1, -0.05) is 12.1 Å². The molecule has 1 heterocycles. The number of sulfone groups is 1. The third-order valence-electron chi connectivity index (χ3n) is 3.11. The molecule has 1 aromatic heterocycles. The number of rotatable bonds is 4. The molecule has 0 saturated heterocycles. The number of nitrogens with zero attached hydrogens (tertiary/aromatic N) is 2. The summed E-state index contributed by atoms with van der Waals surface area (Å²) in [5, 5.41) is 9.22. The SMILES string of the molecule is COC(=O)Cn1cc(C#N)c(-c2cccc(S(C)(=O)=O)c2)c1. The van der Waals surface area contributed by atoms with Crippen molar-refractivity contribution in [2.24, 2.45) is 0 Å². The Labute approximate surface area is 128 Å². The van der Waals surface area contributed by atoms with Crippen molar-refractivity contribution >= 4 is 15.8 Å². The van der Waals surface area contributed by atoms with Gasteiger partial charge in [-0.05, 0) is 17.7 Å². The van der Waals surface area contributed by atoms with Crippen molar-refractivity contribution in [2.75, 3.05) is 13.4 Å². The Morgan fingerprint density at radius 3 is 2.68 bits per heavy atom. The van der Waals surface area contributed by atoms with Gasteiger partial charge in [0.05, 0.1) is 17.6 Å². The summed E-state index contributed by atoms with van der Waals surface area (Å²) in [6.07, 6.45) is 4.27. The zero-order chi connectivity index (χ0) is 16.3. The molecular weight excluding hydrogens is 304 g/mol. The Balaban J connectivity index is 2.49. The van der Waals surface area contributed by atoms with Crippen LogP contribution in [0.2, 0.25) is 0 Å². The Bertz CT molecular complexity index is 860. The minimum absolute atomic E-state index is 0.0169. The van der Waals surface area contributed by atoms with Crippen LogP contribution in [-0.4, -0.2) is 32.3 Å². The highest BCUT2D eigenvalue weighted by molar-refractivity contribution is 7.90. The van der Waals surface area contributed by atoms with Gasteiger partial charge in [0.1, 0.15) is 12.6 Å². The minimum Gasteiger partial charge on any atom is -0.468 e. The summed E-state index contributed by atoms with van der Waals surface area (Å²) in [6.45, 7) is -0.0169. The molecule has 0 amide bonds. The van der Waals surface area contributed by atoms with Gasteiger partial charge in [-0.2, -0.15) is 5.26 Å². The summed E-state index contributed by atoms with van der Waals surface area (Å²) < 4.78 is 29.4. The van der Waals surface area contributed by atoms with E-state index in [1.165, 1.54) is 30.0 Å². The van der Waals surface area contributed by atoms with Crippen LogP contribution in [0.1, 0.15) is 5.56 Å². The van der Waals surface area contributed by atoms with E-state index >= 15 is 0 Å². The van der Waals surface area contributed by atoms with Crippen LogP contribution in [0, 0.1) is 11.3 Å². The molecule has 0 bridgehead atoms. The lowest BCUT2D eigenvalue weighted by Gasteiger charge is -2.03. The van der Waals surface area contributed by atoms with E-state index in [-0.39, 0.29) is 11.4 Å². The zero-order valence-electron chi connectivity index (χ0n) is 12.1. The molecule has 6 nitrogen and oxygen atoms in total. The van der Waals surface area contributed by atoms with Crippen LogP contribution in [-0.2, 0) is 25.9 Å². The smallest absolute Gasteiger partial charge is 0.325 e. The van der Waals surface area contributed by atoms with Crippen LogP contribution in [0.15, 0.2) is 41.6 Å². The molecular formula is C15H14N2O4S. The molecule has 22 heavy (non-hydrogen) atoms. The molecule has 0 saturated carbocycles. The van der Waals surface area contributed by atoms with E-state index in [0.717, 1.165) is 6.26 Å². The fourth-order valence-electron chi connectivity index (χ4n) is 2.03. The molecule has 0 aliphatic heterocycles. The van der Waals surface area contributed by atoms with Gasteiger partial charge in [0.2, 0.25) is 0 Å². The second-order valence-electron chi connectivity index (χ2n) is 4.75. The highest BCUT2D eigenvalue weighted by Crippen LogP contribution is 2.26. The topological polar surface area (TPSA) is 89.2 Å². The maximum Gasteiger partial charge on any atom is 0.325 e. The standard InChI is InChI=1S/C15H14N2O4S/c1-21-15(18)10-17-8-12(7-16)14(9-17)11-4-3-5-13(6-11)22(2,19)20/h3-6,8-9H,10H2,1-2H3.